The molecule has 12 atom stereocenters. The van der Waals surface area contributed by atoms with Gasteiger partial charge in [0.2, 0.25) is 0 Å². The second-order valence-electron chi connectivity index (χ2n) is 14.1. The molecule has 38 heavy (non-hydrogen) atoms. The molecule has 8 nitrogen and oxygen atoms in total. The number of hydrogen-bond donors (Lipinski definition) is 3. The van der Waals surface area contributed by atoms with Gasteiger partial charge in [-0.2, -0.15) is 0 Å². The third-order valence-corrected chi connectivity index (χ3v) is 11.9. The molecule has 3 aliphatic heterocycles. The van der Waals surface area contributed by atoms with Gasteiger partial charge >= 0.3 is 5.97 Å². The lowest BCUT2D eigenvalue weighted by atomic mass is 9.43. The summed E-state index contributed by atoms with van der Waals surface area (Å²) in [5, 5.41) is 20.9. The highest BCUT2D eigenvalue weighted by molar-refractivity contribution is 5.85. The third-order valence-electron chi connectivity index (χ3n) is 11.9. The summed E-state index contributed by atoms with van der Waals surface area (Å²) in [5.74, 6) is 1.41. The average Bonchev–Trinajstić information content (AvgIpc) is 3.51. The number of rotatable bonds is 3. The molecular formula is C30H47NO7. The summed E-state index contributed by atoms with van der Waals surface area (Å²) in [6.07, 6.45) is 7.88. The van der Waals surface area contributed by atoms with Crippen LogP contribution in [0, 0.1) is 28.6 Å². The fourth-order valence-corrected chi connectivity index (χ4v) is 9.48. The van der Waals surface area contributed by atoms with Crippen molar-refractivity contribution in [1.82, 2.24) is 0 Å². The summed E-state index contributed by atoms with van der Waals surface area (Å²) in [5.41, 5.74) is 7.12. The molecule has 3 aliphatic carbocycles. The maximum Gasteiger partial charge on any atom is 0.331 e. The summed E-state index contributed by atoms with van der Waals surface area (Å²) in [6.45, 7) is 9.49. The molecular weight excluding hydrogens is 486 g/mol. The lowest BCUT2D eigenvalue weighted by Gasteiger charge is -2.64. The molecule has 5 fully saturated rings. The van der Waals surface area contributed by atoms with E-state index in [-0.39, 0.29) is 40.7 Å². The minimum atomic E-state index is -1.13. The van der Waals surface area contributed by atoms with Gasteiger partial charge < -0.3 is 34.9 Å². The monoisotopic (exact) mass is 533 g/mol. The third kappa shape index (κ3) is 4.12. The highest BCUT2D eigenvalue weighted by Gasteiger charge is 2.65. The van der Waals surface area contributed by atoms with Crippen LogP contribution < -0.4 is 5.73 Å². The van der Waals surface area contributed by atoms with E-state index < -0.39 is 24.5 Å². The van der Waals surface area contributed by atoms with E-state index in [9.17, 15) is 15.0 Å². The first-order valence-corrected chi connectivity index (χ1v) is 14.9. The van der Waals surface area contributed by atoms with Crippen molar-refractivity contribution in [2.75, 3.05) is 6.61 Å². The molecule has 4 N–H and O–H groups in total. The van der Waals surface area contributed by atoms with E-state index in [1.165, 1.54) is 6.42 Å². The zero-order valence-corrected chi connectivity index (χ0v) is 23.4. The Kier molecular flexibility index (Phi) is 6.80. The van der Waals surface area contributed by atoms with Crippen LogP contribution in [0.2, 0.25) is 0 Å². The van der Waals surface area contributed by atoms with Crippen molar-refractivity contribution in [2.45, 2.75) is 134 Å². The number of aliphatic hydroxyl groups excluding tert-OH is 2. The maximum atomic E-state index is 11.7. The number of cyclic esters (lactones) is 1. The van der Waals surface area contributed by atoms with E-state index in [0.717, 1.165) is 56.9 Å². The SMILES string of the molecule is CC1OC(OC2CCC3(C)C(CCC4C3CCC(C)(C)C43CCC(C4=CC(=O)OC4)O3)C2)C(O)C(O)C1N. The van der Waals surface area contributed by atoms with Crippen molar-refractivity contribution in [3.8, 4) is 0 Å². The topological polar surface area (TPSA) is 120 Å². The summed E-state index contributed by atoms with van der Waals surface area (Å²) in [6, 6.07) is -0.618. The fraction of sp³-hybridized carbons (Fsp3) is 0.900. The van der Waals surface area contributed by atoms with Crippen LogP contribution >= 0.6 is 0 Å². The second-order valence-corrected chi connectivity index (χ2v) is 14.1. The van der Waals surface area contributed by atoms with Crippen LogP contribution in [0.15, 0.2) is 11.6 Å². The van der Waals surface area contributed by atoms with Crippen molar-refractivity contribution in [3.05, 3.63) is 11.6 Å². The van der Waals surface area contributed by atoms with E-state index in [1.54, 1.807) is 6.08 Å². The highest BCUT2D eigenvalue weighted by atomic mass is 16.7. The number of carbonyl (C=O) groups excluding carboxylic acids is 1. The summed E-state index contributed by atoms with van der Waals surface area (Å²) in [7, 11) is 0. The Labute approximate surface area is 226 Å². The van der Waals surface area contributed by atoms with Gasteiger partial charge in [-0.1, -0.05) is 20.8 Å². The van der Waals surface area contributed by atoms with Gasteiger partial charge in [0.05, 0.1) is 30.0 Å². The van der Waals surface area contributed by atoms with E-state index in [4.69, 9.17) is 24.7 Å². The number of hydrogen-bond acceptors (Lipinski definition) is 8. The van der Waals surface area contributed by atoms with Crippen LogP contribution in [-0.2, 0) is 23.7 Å². The Morgan fingerprint density at radius 2 is 1.79 bits per heavy atom. The predicted molar refractivity (Wildman–Crippen MR) is 140 cm³/mol. The first kappa shape index (κ1) is 27.2. The van der Waals surface area contributed by atoms with Gasteiger partial charge in [0, 0.05) is 11.6 Å². The van der Waals surface area contributed by atoms with E-state index in [2.05, 4.69) is 20.8 Å². The van der Waals surface area contributed by atoms with Crippen LogP contribution in [0.5, 0.6) is 0 Å². The molecule has 214 valence electrons. The van der Waals surface area contributed by atoms with Gasteiger partial charge in [0.25, 0.3) is 0 Å². The Hall–Kier alpha value is -1.03. The molecule has 8 heteroatoms. The molecule has 0 aromatic heterocycles. The van der Waals surface area contributed by atoms with Gasteiger partial charge in [0.1, 0.15) is 18.8 Å². The maximum absolute atomic E-state index is 11.7. The smallest absolute Gasteiger partial charge is 0.331 e. The zero-order valence-electron chi connectivity index (χ0n) is 23.4. The molecule has 3 saturated carbocycles. The molecule has 2 saturated heterocycles. The number of carbonyl (C=O) groups is 1. The zero-order chi connectivity index (χ0) is 27.0. The van der Waals surface area contributed by atoms with Crippen LogP contribution in [-0.4, -0.2) is 71.2 Å². The molecule has 0 bridgehead atoms. The Balaban J connectivity index is 1.17. The molecule has 6 aliphatic rings. The normalized spacial score (nSPS) is 52.3. The average molecular weight is 534 g/mol. The molecule has 6 rings (SSSR count). The van der Waals surface area contributed by atoms with Crippen molar-refractivity contribution < 1.29 is 34.0 Å². The largest absolute Gasteiger partial charge is 0.458 e. The van der Waals surface area contributed by atoms with Crippen LogP contribution in [0.25, 0.3) is 0 Å². The van der Waals surface area contributed by atoms with Crippen LogP contribution in [0.3, 0.4) is 0 Å². The van der Waals surface area contributed by atoms with Gasteiger partial charge in [-0.25, -0.2) is 4.79 Å². The summed E-state index contributed by atoms with van der Waals surface area (Å²) < 4.78 is 24.5. The Bertz CT molecular complexity index is 968. The van der Waals surface area contributed by atoms with Crippen molar-refractivity contribution in [1.29, 1.82) is 0 Å². The Morgan fingerprint density at radius 3 is 2.53 bits per heavy atom. The van der Waals surface area contributed by atoms with Crippen LogP contribution in [0.4, 0.5) is 0 Å². The van der Waals surface area contributed by atoms with Gasteiger partial charge in [-0.05, 0) is 93.3 Å². The van der Waals surface area contributed by atoms with Crippen molar-refractivity contribution >= 4 is 5.97 Å². The first-order valence-electron chi connectivity index (χ1n) is 14.9. The lowest BCUT2D eigenvalue weighted by Crippen LogP contribution is -2.63. The second kappa shape index (κ2) is 9.52. The quantitative estimate of drug-likeness (QED) is 0.374. The number of ether oxygens (including phenoxy) is 4. The number of esters is 1. The molecule has 0 amide bonds. The first-order chi connectivity index (χ1) is 17.9. The number of aliphatic hydroxyl groups is 2. The van der Waals surface area contributed by atoms with Gasteiger partial charge in [-0.3, -0.25) is 0 Å². The molecule has 1 spiro atoms. The lowest BCUT2D eigenvalue weighted by molar-refractivity contribution is -0.291. The predicted octanol–water partition coefficient (Wildman–Crippen LogP) is 3.22. The van der Waals surface area contributed by atoms with E-state index >= 15 is 0 Å². The van der Waals surface area contributed by atoms with Crippen molar-refractivity contribution in [2.24, 2.45) is 34.3 Å². The van der Waals surface area contributed by atoms with Crippen molar-refractivity contribution in [3.63, 3.8) is 0 Å². The fourth-order valence-electron chi connectivity index (χ4n) is 9.48. The van der Waals surface area contributed by atoms with Gasteiger partial charge in [0.15, 0.2) is 6.29 Å². The van der Waals surface area contributed by atoms with Crippen LogP contribution in [0.1, 0.15) is 85.5 Å². The minimum absolute atomic E-state index is 0.00550. The van der Waals surface area contributed by atoms with Gasteiger partial charge in [-0.15, -0.1) is 0 Å². The standard InChI is InChI=1S/C30H47NO7/c1-16-24(31)25(33)26(34)27(36-16)37-19-7-11-29(4)18(14-19)5-6-21-20(29)8-10-28(2,3)30(21)12-9-22(38-30)17-13-23(32)35-15-17/h13,16,18-22,24-27,33-34H,5-12,14-15,31H2,1-4H3. The molecule has 0 aromatic rings. The highest BCUT2D eigenvalue weighted by Crippen LogP contribution is 2.67. The van der Waals surface area contributed by atoms with E-state index in [1.807, 2.05) is 6.92 Å². The molecule has 0 radical (unpaired) electrons. The summed E-state index contributed by atoms with van der Waals surface area (Å²) >= 11 is 0. The number of fused-ring (bicyclic) bond motifs is 4. The van der Waals surface area contributed by atoms with E-state index in [0.29, 0.717) is 24.4 Å². The molecule has 3 heterocycles. The Morgan fingerprint density at radius 1 is 1.00 bits per heavy atom. The molecule has 0 aromatic carbocycles. The minimum Gasteiger partial charge on any atom is -0.458 e. The summed E-state index contributed by atoms with van der Waals surface area (Å²) in [4.78, 5) is 11.7. The molecule has 12 unspecified atom stereocenters. The number of nitrogens with two attached hydrogens (primary N) is 1.